The molecule has 0 spiro atoms. The number of nitrogens with one attached hydrogen (secondary N) is 2. The third kappa shape index (κ3) is 5.82. The van der Waals surface area contributed by atoms with E-state index in [4.69, 9.17) is 23.8 Å². The van der Waals surface area contributed by atoms with Gasteiger partial charge in [-0.3, -0.25) is 24.7 Å². The van der Waals surface area contributed by atoms with E-state index in [1.807, 2.05) is 30.3 Å². The Bertz CT molecular complexity index is 1270. The van der Waals surface area contributed by atoms with Crippen molar-refractivity contribution in [2.24, 2.45) is 0 Å². The Balaban J connectivity index is 1.56. The number of thiocarbonyl (C=S) groups is 1. The highest BCUT2D eigenvalue weighted by Gasteiger charge is 2.44. The minimum Gasteiger partial charge on any atom is -0.326 e. The molecule has 1 heterocycles. The second-order valence-electron chi connectivity index (χ2n) is 7.79. The zero-order valence-corrected chi connectivity index (χ0v) is 19.9. The Morgan fingerprint density at radius 1 is 1.00 bits per heavy atom. The standard InChI is InChI=1S/C25H20ClFN4O3S/c26-18-7-4-8-20(13-18)28-22(32)14-21-24(34)30(15-16-5-2-1-3-6-16)25(35)31(21)29-23(33)17-9-11-19(27)12-10-17/h1-13,21H,14-15H2,(H,28,32)(H,29,33). The van der Waals surface area contributed by atoms with Gasteiger partial charge in [0.2, 0.25) is 5.91 Å². The number of hydrazine groups is 1. The average Bonchev–Trinajstić information content (AvgIpc) is 3.04. The van der Waals surface area contributed by atoms with Crippen molar-refractivity contribution in [3.05, 3.63) is 101 Å². The summed E-state index contributed by atoms with van der Waals surface area (Å²) in [4.78, 5) is 40.3. The second-order valence-corrected chi connectivity index (χ2v) is 8.59. The van der Waals surface area contributed by atoms with Gasteiger partial charge in [0.25, 0.3) is 11.8 Å². The van der Waals surface area contributed by atoms with Crippen LogP contribution in [0.1, 0.15) is 22.3 Å². The molecule has 0 aromatic heterocycles. The van der Waals surface area contributed by atoms with Crippen molar-refractivity contribution in [2.75, 3.05) is 5.32 Å². The van der Waals surface area contributed by atoms with Crippen LogP contribution in [0.15, 0.2) is 78.9 Å². The average molecular weight is 511 g/mol. The maximum Gasteiger partial charge on any atom is 0.269 e. The summed E-state index contributed by atoms with van der Waals surface area (Å²) in [6, 6.07) is 19.7. The van der Waals surface area contributed by atoms with E-state index in [0.29, 0.717) is 10.7 Å². The van der Waals surface area contributed by atoms with Gasteiger partial charge in [-0.15, -0.1) is 0 Å². The van der Waals surface area contributed by atoms with Crippen molar-refractivity contribution >= 4 is 52.3 Å². The monoisotopic (exact) mass is 510 g/mol. The van der Waals surface area contributed by atoms with E-state index in [1.165, 1.54) is 22.0 Å². The molecule has 3 amide bonds. The fourth-order valence-electron chi connectivity index (χ4n) is 3.59. The number of nitrogens with zero attached hydrogens (tertiary/aromatic N) is 2. The zero-order chi connectivity index (χ0) is 24.9. The number of carbonyl (C=O) groups excluding carboxylic acids is 3. The molecule has 1 aliphatic rings. The lowest BCUT2D eigenvalue weighted by Crippen LogP contribution is -2.49. The van der Waals surface area contributed by atoms with E-state index in [0.717, 1.165) is 17.7 Å². The molecule has 0 radical (unpaired) electrons. The summed E-state index contributed by atoms with van der Waals surface area (Å²) in [7, 11) is 0. The highest BCUT2D eigenvalue weighted by molar-refractivity contribution is 7.80. The number of halogens is 2. The van der Waals surface area contributed by atoms with E-state index >= 15 is 0 Å². The van der Waals surface area contributed by atoms with Crippen molar-refractivity contribution < 1.29 is 18.8 Å². The maximum atomic E-state index is 13.3. The first kappa shape index (κ1) is 24.3. The van der Waals surface area contributed by atoms with Gasteiger partial charge in [0.1, 0.15) is 11.9 Å². The van der Waals surface area contributed by atoms with Crippen molar-refractivity contribution in [3.63, 3.8) is 0 Å². The predicted octanol–water partition coefficient (Wildman–Crippen LogP) is 4.15. The highest BCUT2D eigenvalue weighted by Crippen LogP contribution is 2.23. The van der Waals surface area contributed by atoms with Gasteiger partial charge in [-0.2, -0.15) is 0 Å². The van der Waals surface area contributed by atoms with E-state index in [9.17, 15) is 18.8 Å². The Kier molecular flexibility index (Phi) is 7.38. The molecule has 1 unspecified atom stereocenters. The highest BCUT2D eigenvalue weighted by atomic mass is 35.5. The van der Waals surface area contributed by atoms with E-state index in [2.05, 4.69) is 10.7 Å². The second kappa shape index (κ2) is 10.6. The van der Waals surface area contributed by atoms with Crippen LogP contribution in [0, 0.1) is 5.82 Å². The third-order valence-electron chi connectivity index (χ3n) is 5.30. The van der Waals surface area contributed by atoms with Crippen LogP contribution in [0.2, 0.25) is 5.02 Å². The van der Waals surface area contributed by atoms with E-state index in [1.54, 1.807) is 24.3 Å². The summed E-state index contributed by atoms with van der Waals surface area (Å²) >= 11 is 11.5. The third-order valence-corrected chi connectivity index (χ3v) is 5.95. The van der Waals surface area contributed by atoms with Gasteiger partial charge < -0.3 is 5.32 Å². The van der Waals surface area contributed by atoms with Gasteiger partial charge >= 0.3 is 0 Å². The predicted molar refractivity (Wildman–Crippen MR) is 134 cm³/mol. The van der Waals surface area contributed by atoms with Crippen LogP contribution >= 0.6 is 23.8 Å². The summed E-state index contributed by atoms with van der Waals surface area (Å²) in [6.45, 7) is 0.174. The lowest BCUT2D eigenvalue weighted by atomic mass is 10.1. The quantitative estimate of drug-likeness (QED) is 0.467. The molecule has 3 aromatic carbocycles. The molecule has 1 aliphatic heterocycles. The van der Waals surface area contributed by atoms with Crippen LogP contribution < -0.4 is 10.7 Å². The lowest BCUT2D eigenvalue weighted by Gasteiger charge is -2.24. The molecule has 35 heavy (non-hydrogen) atoms. The zero-order valence-electron chi connectivity index (χ0n) is 18.3. The van der Waals surface area contributed by atoms with Crippen LogP contribution in [0.5, 0.6) is 0 Å². The van der Waals surface area contributed by atoms with Crippen LogP contribution in [0.4, 0.5) is 10.1 Å². The van der Waals surface area contributed by atoms with Crippen LogP contribution in [-0.2, 0) is 16.1 Å². The van der Waals surface area contributed by atoms with E-state index in [-0.39, 0.29) is 23.6 Å². The number of anilines is 1. The molecule has 0 saturated carbocycles. The largest absolute Gasteiger partial charge is 0.326 e. The Morgan fingerprint density at radius 2 is 1.71 bits per heavy atom. The fraction of sp³-hybridized carbons (Fsp3) is 0.120. The molecular weight excluding hydrogens is 491 g/mol. The van der Waals surface area contributed by atoms with Crippen molar-refractivity contribution in [3.8, 4) is 0 Å². The summed E-state index contributed by atoms with van der Waals surface area (Å²) in [5.74, 6) is -1.98. The number of carbonyl (C=O) groups is 3. The first-order valence-corrected chi connectivity index (χ1v) is 11.4. The number of benzene rings is 3. The van der Waals surface area contributed by atoms with Gasteiger partial charge in [0.15, 0.2) is 5.11 Å². The number of rotatable bonds is 7. The summed E-state index contributed by atoms with van der Waals surface area (Å²) in [6.07, 6.45) is -0.277. The number of hydrogen-bond donors (Lipinski definition) is 2. The first-order chi connectivity index (χ1) is 16.8. The summed E-state index contributed by atoms with van der Waals surface area (Å²) in [5, 5.41) is 4.41. The molecule has 1 atom stereocenters. The normalized spacial score (nSPS) is 15.3. The summed E-state index contributed by atoms with van der Waals surface area (Å²) < 4.78 is 13.3. The van der Waals surface area contributed by atoms with Gasteiger partial charge in [-0.25, -0.2) is 9.40 Å². The first-order valence-electron chi connectivity index (χ1n) is 10.6. The molecule has 0 aliphatic carbocycles. The molecular formula is C25H20ClFN4O3S. The molecule has 178 valence electrons. The van der Waals surface area contributed by atoms with Crippen LogP contribution in [0.3, 0.4) is 0 Å². The minimum atomic E-state index is -1.07. The fourth-order valence-corrected chi connectivity index (χ4v) is 4.11. The maximum absolute atomic E-state index is 13.3. The SMILES string of the molecule is O=C(CC1C(=O)N(Cc2ccccc2)C(=S)N1NC(=O)c1ccc(F)cc1)Nc1cccc(Cl)c1. The summed E-state index contributed by atoms with van der Waals surface area (Å²) in [5.41, 5.74) is 4.08. The van der Waals surface area contributed by atoms with E-state index < -0.39 is 29.6 Å². The Hall–Kier alpha value is -3.82. The molecule has 7 nitrogen and oxygen atoms in total. The smallest absolute Gasteiger partial charge is 0.269 e. The molecule has 1 saturated heterocycles. The molecule has 10 heteroatoms. The van der Waals surface area contributed by atoms with Crippen molar-refractivity contribution in [1.29, 1.82) is 0 Å². The molecule has 3 aromatic rings. The van der Waals surface area contributed by atoms with Gasteiger partial charge in [-0.05, 0) is 60.2 Å². The molecule has 1 fully saturated rings. The van der Waals surface area contributed by atoms with Crippen LogP contribution in [-0.4, -0.2) is 38.8 Å². The number of hydrogen-bond acceptors (Lipinski definition) is 4. The minimum absolute atomic E-state index is 0.0508. The van der Waals surface area contributed by atoms with Crippen LogP contribution in [0.25, 0.3) is 0 Å². The van der Waals surface area contributed by atoms with Crippen molar-refractivity contribution in [1.82, 2.24) is 15.3 Å². The van der Waals surface area contributed by atoms with Crippen molar-refractivity contribution in [2.45, 2.75) is 19.0 Å². The molecule has 2 N–H and O–H groups in total. The van der Waals surface area contributed by atoms with Gasteiger partial charge in [-0.1, -0.05) is 48.0 Å². The van der Waals surface area contributed by atoms with Gasteiger partial charge in [0, 0.05) is 16.3 Å². The molecule has 4 rings (SSSR count). The Morgan fingerprint density at radius 3 is 2.40 bits per heavy atom. The topological polar surface area (TPSA) is 81.8 Å². The van der Waals surface area contributed by atoms with Gasteiger partial charge in [0.05, 0.1) is 13.0 Å². The number of amides is 3. The Labute approximate surface area is 211 Å². The lowest BCUT2D eigenvalue weighted by molar-refractivity contribution is -0.131. The molecule has 0 bridgehead atoms.